The van der Waals surface area contributed by atoms with Crippen LogP contribution in [0.3, 0.4) is 0 Å². The van der Waals surface area contributed by atoms with E-state index >= 15 is 0 Å². The molecule has 0 saturated carbocycles. The minimum absolute atomic E-state index is 0.148. The summed E-state index contributed by atoms with van der Waals surface area (Å²) in [5, 5.41) is 0. The summed E-state index contributed by atoms with van der Waals surface area (Å²) in [6.07, 6.45) is 1.18. The molecule has 0 aliphatic heterocycles. The summed E-state index contributed by atoms with van der Waals surface area (Å²) in [4.78, 5) is 13.8. The van der Waals surface area contributed by atoms with Crippen molar-refractivity contribution in [2.24, 2.45) is 0 Å². The van der Waals surface area contributed by atoms with Gasteiger partial charge in [-0.15, -0.1) is 0 Å². The van der Waals surface area contributed by atoms with Gasteiger partial charge in [0.1, 0.15) is 0 Å². The molecule has 1 aromatic carbocycles. The van der Waals surface area contributed by atoms with Crippen molar-refractivity contribution in [1.29, 1.82) is 0 Å². The first-order chi connectivity index (χ1) is 9.08. The van der Waals surface area contributed by atoms with Crippen LogP contribution in [-0.4, -0.2) is 23.8 Å². The van der Waals surface area contributed by atoms with Gasteiger partial charge in [0, 0.05) is 12.1 Å². The molecule has 0 amide bonds. The highest BCUT2D eigenvalue weighted by Crippen LogP contribution is 2.13. The lowest BCUT2D eigenvalue weighted by molar-refractivity contribution is 0.101. The topological polar surface area (TPSA) is 20.3 Å². The third-order valence-corrected chi connectivity index (χ3v) is 3.06. The van der Waals surface area contributed by atoms with E-state index in [1.807, 2.05) is 26.8 Å². The number of nitrogens with zero attached hydrogens (tertiary/aromatic N) is 1. The Balaban J connectivity index is 0.00000154. The molecule has 2 heteroatoms. The molecule has 0 heterocycles. The molecule has 0 radical (unpaired) electrons. The summed E-state index contributed by atoms with van der Waals surface area (Å²) in [6.45, 7) is 15.2. The maximum absolute atomic E-state index is 11.3. The fraction of sp³-hybridized carbons (Fsp3) is 0.588. The van der Waals surface area contributed by atoms with Crippen LogP contribution in [0.15, 0.2) is 18.2 Å². The van der Waals surface area contributed by atoms with E-state index in [0.29, 0.717) is 0 Å². The fourth-order valence-corrected chi connectivity index (χ4v) is 2.14. The van der Waals surface area contributed by atoms with Gasteiger partial charge in [-0.25, -0.2) is 0 Å². The highest BCUT2D eigenvalue weighted by Gasteiger charge is 2.07. The Morgan fingerprint density at radius 2 is 1.84 bits per heavy atom. The van der Waals surface area contributed by atoms with Crippen molar-refractivity contribution < 1.29 is 4.79 Å². The maximum atomic E-state index is 11.3. The SMILES string of the molecule is CC.CCCN(CC)Cc1ccc(C(C)=O)c(C)c1. The van der Waals surface area contributed by atoms with Gasteiger partial charge in [0.25, 0.3) is 0 Å². The molecular formula is C17H29NO. The van der Waals surface area contributed by atoms with Gasteiger partial charge in [-0.1, -0.05) is 45.9 Å². The lowest BCUT2D eigenvalue weighted by Gasteiger charge is -2.20. The number of benzene rings is 1. The lowest BCUT2D eigenvalue weighted by atomic mass is 10.0. The van der Waals surface area contributed by atoms with Crippen molar-refractivity contribution in [2.45, 2.75) is 54.5 Å². The van der Waals surface area contributed by atoms with E-state index in [0.717, 1.165) is 30.8 Å². The standard InChI is InChI=1S/C15H23NO.C2H6/c1-5-9-16(6-2)11-14-7-8-15(13(4)17)12(3)10-14;1-2/h7-8,10H,5-6,9,11H2,1-4H3;1-2H3. The molecule has 108 valence electrons. The minimum atomic E-state index is 0.148. The zero-order valence-electron chi connectivity index (χ0n) is 13.4. The van der Waals surface area contributed by atoms with Crippen LogP contribution >= 0.6 is 0 Å². The van der Waals surface area contributed by atoms with E-state index in [4.69, 9.17) is 0 Å². The second kappa shape index (κ2) is 9.74. The third kappa shape index (κ3) is 6.02. The largest absolute Gasteiger partial charge is 0.299 e. The van der Waals surface area contributed by atoms with E-state index in [9.17, 15) is 4.79 Å². The molecule has 0 aliphatic carbocycles. The molecule has 0 saturated heterocycles. The summed E-state index contributed by atoms with van der Waals surface area (Å²) in [5.74, 6) is 0.148. The quantitative estimate of drug-likeness (QED) is 0.706. The molecular weight excluding hydrogens is 234 g/mol. The molecule has 0 N–H and O–H groups in total. The maximum Gasteiger partial charge on any atom is 0.160 e. The number of carbonyl (C=O) groups excluding carboxylic acids is 1. The van der Waals surface area contributed by atoms with Crippen LogP contribution in [0.4, 0.5) is 0 Å². The Hall–Kier alpha value is -1.15. The van der Waals surface area contributed by atoms with Gasteiger partial charge in [0.05, 0.1) is 0 Å². The van der Waals surface area contributed by atoms with E-state index in [-0.39, 0.29) is 5.78 Å². The van der Waals surface area contributed by atoms with Crippen LogP contribution in [0, 0.1) is 6.92 Å². The molecule has 0 fully saturated rings. The summed E-state index contributed by atoms with van der Waals surface area (Å²) in [7, 11) is 0. The van der Waals surface area contributed by atoms with Crippen molar-refractivity contribution in [3.8, 4) is 0 Å². The number of aryl methyl sites for hydroxylation is 1. The van der Waals surface area contributed by atoms with Gasteiger partial charge in [-0.2, -0.15) is 0 Å². The Morgan fingerprint density at radius 3 is 2.26 bits per heavy atom. The minimum Gasteiger partial charge on any atom is -0.299 e. The Bertz CT molecular complexity index is 385. The summed E-state index contributed by atoms with van der Waals surface area (Å²) < 4.78 is 0. The van der Waals surface area contributed by atoms with E-state index in [2.05, 4.69) is 30.9 Å². The highest BCUT2D eigenvalue weighted by atomic mass is 16.1. The summed E-state index contributed by atoms with van der Waals surface area (Å²) in [5.41, 5.74) is 3.22. The predicted octanol–water partition coefficient (Wildman–Crippen LogP) is 4.46. The zero-order chi connectivity index (χ0) is 14.8. The molecule has 0 spiro atoms. The molecule has 0 atom stereocenters. The number of rotatable bonds is 6. The highest BCUT2D eigenvalue weighted by molar-refractivity contribution is 5.95. The number of hydrogen-bond donors (Lipinski definition) is 0. The number of carbonyl (C=O) groups is 1. The van der Waals surface area contributed by atoms with Crippen LogP contribution in [0.25, 0.3) is 0 Å². The molecule has 1 aromatic rings. The fourth-order valence-electron chi connectivity index (χ4n) is 2.14. The average molecular weight is 263 g/mol. The second-order valence-corrected chi connectivity index (χ2v) is 4.57. The normalized spacial score (nSPS) is 10.1. The van der Waals surface area contributed by atoms with Gasteiger partial charge in [0.2, 0.25) is 0 Å². The van der Waals surface area contributed by atoms with Gasteiger partial charge >= 0.3 is 0 Å². The lowest BCUT2D eigenvalue weighted by Crippen LogP contribution is -2.23. The third-order valence-electron chi connectivity index (χ3n) is 3.06. The van der Waals surface area contributed by atoms with Crippen molar-refractivity contribution in [1.82, 2.24) is 4.90 Å². The Morgan fingerprint density at radius 1 is 1.21 bits per heavy atom. The summed E-state index contributed by atoms with van der Waals surface area (Å²) >= 11 is 0. The van der Waals surface area contributed by atoms with Crippen LogP contribution in [0.5, 0.6) is 0 Å². The molecule has 1 rings (SSSR count). The Kier molecular flexibility index (Phi) is 9.15. The van der Waals surface area contributed by atoms with Crippen LogP contribution in [0.1, 0.15) is 62.5 Å². The average Bonchev–Trinajstić information content (AvgIpc) is 2.40. The summed E-state index contributed by atoms with van der Waals surface area (Å²) in [6, 6.07) is 6.16. The van der Waals surface area contributed by atoms with Crippen LogP contribution in [0.2, 0.25) is 0 Å². The first kappa shape index (κ1) is 17.8. The second-order valence-electron chi connectivity index (χ2n) is 4.57. The first-order valence-corrected chi connectivity index (χ1v) is 7.41. The zero-order valence-corrected chi connectivity index (χ0v) is 13.4. The number of hydrogen-bond acceptors (Lipinski definition) is 2. The van der Waals surface area contributed by atoms with Crippen LogP contribution in [-0.2, 0) is 6.54 Å². The molecule has 19 heavy (non-hydrogen) atoms. The van der Waals surface area contributed by atoms with Gasteiger partial charge in [-0.05, 0) is 44.5 Å². The van der Waals surface area contributed by atoms with Crippen LogP contribution < -0.4 is 0 Å². The monoisotopic (exact) mass is 263 g/mol. The van der Waals surface area contributed by atoms with E-state index < -0.39 is 0 Å². The van der Waals surface area contributed by atoms with Crippen molar-refractivity contribution >= 4 is 5.78 Å². The molecule has 0 aliphatic rings. The van der Waals surface area contributed by atoms with E-state index in [1.54, 1.807) is 6.92 Å². The van der Waals surface area contributed by atoms with Crippen molar-refractivity contribution in [3.05, 3.63) is 34.9 Å². The molecule has 0 unspecified atom stereocenters. The van der Waals surface area contributed by atoms with Crippen molar-refractivity contribution in [3.63, 3.8) is 0 Å². The van der Waals surface area contributed by atoms with E-state index in [1.165, 1.54) is 12.0 Å². The Labute approximate surface area is 118 Å². The number of Topliss-reactive ketones (excluding diaryl/α,β-unsaturated/α-hetero) is 1. The number of ketones is 1. The molecule has 0 aromatic heterocycles. The van der Waals surface area contributed by atoms with Gasteiger partial charge in [0.15, 0.2) is 5.78 Å². The molecule has 0 bridgehead atoms. The van der Waals surface area contributed by atoms with Gasteiger partial charge < -0.3 is 0 Å². The van der Waals surface area contributed by atoms with Gasteiger partial charge in [-0.3, -0.25) is 9.69 Å². The smallest absolute Gasteiger partial charge is 0.160 e. The predicted molar refractivity (Wildman–Crippen MR) is 83.8 cm³/mol. The van der Waals surface area contributed by atoms with Crippen molar-refractivity contribution in [2.75, 3.05) is 13.1 Å². The molecule has 2 nitrogen and oxygen atoms in total. The first-order valence-electron chi connectivity index (χ1n) is 7.41.